The monoisotopic (exact) mass is 294 g/mol. The van der Waals surface area contributed by atoms with Crippen LogP contribution >= 0.6 is 22.7 Å². The maximum absolute atomic E-state index is 12.1. The van der Waals surface area contributed by atoms with Crippen molar-refractivity contribution >= 4 is 34.2 Å². The Balaban J connectivity index is 1.99. The van der Waals surface area contributed by atoms with Crippen molar-refractivity contribution in [1.82, 2.24) is 0 Å². The van der Waals surface area contributed by atoms with Crippen LogP contribution < -0.4 is 0 Å². The zero-order chi connectivity index (χ0) is 13.9. The number of carbonyl (C=O) groups is 2. The van der Waals surface area contributed by atoms with Crippen molar-refractivity contribution in [3.63, 3.8) is 0 Å². The Labute approximate surface area is 120 Å². The number of likely N-dealkylation sites (N-methyl/N-ethyl adjacent to an activating group) is 1. The minimum absolute atomic E-state index is 0.0963. The van der Waals surface area contributed by atoms with Crippen LogP contribution in [0.3, 0.4) is 0 Å². The molecule has 2 aromatic heterocycles. The van der Waals surface area contributed by atoms with Crippen LogP contribution in [0.4, 0.5) is 0 Å². The van der Waals surface area contributed by atoms with Crippen LogP contribution in [0.2, 0.25) is 0 Å². The lowest BCUT2D eigenvalue weighted by Gasteiger charge is -2.27. The number of ketones is 2. The first-order valence-electron chi connectivity index (χ1n) is 5.93. The van der Waals surface area contributed by atoms with Gasteiger partial charge in [-0.15, -0.1) is 22.7 Å². The summed E-state index contributed by atoms with van der Waals surface area (Å²) in [6.45, 7) is 0.690. The predicted molar refractivity (Wildman–Crippen MR) is 79.1 cm³/mol. The second-order valence-electron chi connectivity index (χ2n) is 5.05. The van der Waals surface area contributed by atoms with Crippen LogP contribution in [0.5, 0.6) is 0 Å². The number of quaternary nitrogens is 1. The first-order valence-corrected chi connectivity index (χ1v) is 7.69. The molecule has 0 fully saturated rings. The molecule has 0 radical (unpaired) electrons. The van der Waals surface area contributed by atoms with Crippen molar-refractivity contribution in [2.45, 2.75) is 0 Å². The van der Waals surface area contributed by atoms with E-state index in [-0.39, 0.29) is 11.6 Å². The van der Waals surface area contributed by atoms with Gasteiger partial charge in [-0.25, -0.2) is 0 Å². The quantitative estimate of drug-likeness (QED) is 0.606. The standard InChI is InChI=1S/C14H16NO2S2/c1-15(2,9-11(16)13-5-3-7-18-13)10-12(17)14-6-4-8-19-14/h3-8H,9-10H2,1-2H3/q+1. The number of hydrogen-bond acceptors (Lipinski definition) is 4. The smallest absolute Gasteiger partial charge is 0.226 e. The Morgan fingerprint density at radius 2 is 1.37 bits per heavy atom. The molecule has 0 unspecified atom stereocenters. The Hall–Kier alpha value is -1.30. The summed E-state index contributed by atoms with van der Waals surface area (Å²) in [6.07, 6.45) is 0. The molecule has 0 N–H and O–H groups in total. The van der Waals surface area contributed by atoms with E-state index in [0.717, 1.165) is 9.75 Å². The Morgan fingerprint density at radius 3 is 1.68 bits per heavy atom. The minimum Gasteiger partial charge on any atom is -0.315 e. The topological polar surface area (TPSA) is 34.1 Å². The third kappa shape index (κ3) is 3.83. The molecular weight excluding hydrogens is 278 g/mol. The predicted octanol–water partition coefficient (Wildman–Crippen LogP) is 2.95. The van der Waals surface area contributed by atoms with E-state index in [1.807, 2.05) is 49.1 Å². The van der Waals surface area contributed by atoms with Gasteiger partial charge in [0.25, 0.3) is 0 Å². The summed E-state index contributed by atoms with van der Waals surface area (Å²) in [5.41, 5.74) is 0. The fraction of sp³-hybridized carbons (Fsp3) is 0.286. The molecule has 3 nitrogen and oxygen atoms in total. The lowest BCUT2D eigenvalue weighted by atomic mass is 10.2. The van der Waals surface area contributed by atoms with Crippen LogP contribution in [0.1, 0.15) is 19.3 Å². The van der Waals surface area contributed by atoms with Gasteiger partial charge in [0.2, 0.25) is 11.6 Å². The first-order chi connectivity index (χ1) is 8.98. The van der Waals surface area contributed by atoms with E-state index in [4.69, 9.17) is 0 Å². The summed E-state index contributed by atoms with van der Waals surface area (Å²) in [6, 6.07) is 7.39. The number of Topliss-reactive ketones (excluding diaryl/α,β-unsaturated/α-hetero) is 2. The number of rotatable bonds is 6. The molecule has 5 heteroatoms. The van der Waals surface area contributed by atoms with Crippen LogP contribution in [0, 0.1) is 0 Å². The highest BCUT2D eigenvalue weighted by Gasteiger charge is 2.25. The van der Waals surface area contributed by atoms with E-state index >= 15 is 0 Å². The number of thiophene rings is 2. The summed E-state index contributed by atoms with van der Waals surface area (Å²) in [4.78, 5) is 25.7. The van der Waals surface area contributed by atoms with E-state index in [1.165, 1.54) is 22.7 Å². The van der Waals surface area contributed by atoms with Gasteiger partial charge in [-0.05, 0) is 22.9 Å². The molecule has 0 aromatic carbocycles. The largest absolute Gasteiger partial charge is 0.315 e. The van der Waals surface area contributed by atoms with Gasteiger partial charge in [-0.3, -0.25) is 9.59 Å². The normalized spacial score (nSPS) is 11.5. The molecule has 2 heterocycles. The molecule has 0 atom stereocenters. The molecule has 0 bridgehead atoms. The highest BCUT2D eigenvalue weighted by atomic mass is 32.1. The van der Waals surface area contributed by atoms with E-state index < -0.39 is 0 Å². The SMILES string of the molecule is C[N+](C)(CC(=O)c1cccs1)CC(=O)c1cccs1. The highest BCUT2D eigenvalue weighted by Crippen LogP contribution is 2.14. The molecular formula is C14H16NO2S2+. The second kappa shape index (κ2) is 5.77. The molecule has 2 rings (SSSR count). The fourth-order valence-electron chi connectivity index (χ4n) is 1.86. The van der Waals surface area contributed by atoms with E-state index in [9.17, 15) is 9.59 Å². The van der Waals surface area contributed by atoms with E-state index in [1.54, 1.807) is 0 Å². The van der Waals surface area contributed by atoms with Crippen molar-refractivity contribution in [1.29, 1.82) is 0 Å². The summed E-state index contributed by atoms with van der Waals surface area (Å²) in [5.74, 6) is 0.193. The van der Waals surface area contributed by atoms with Gasteiger partial charge in [0.15, 0.2) is 0 Å². The molecule has 0 aliphatic rings. The van der Waals surface area contributed by atoms with Crippen LogP contribution in [-0.4, -0.2) is 43.2 Å². The minimum atomic E-state index is 0.0963. The van der Waals surface area contributed by atoms with Gasteiger partial charge in [-0.1, -0.05) is 12.1 Å². The van der Waals surface area contributed by atoms with Crippen molar-refractivity contribution in [3.05, 3.63) is 44.8 Å². The summed E-state index contributed by atoms with van der Waals surface area (Å²) >= 11 is 2.89. The number of hydrogen-bond donors (Lipinski definition) is 0. The van der Waals surface area contributed by atoms with Crippen molar-refractivity contribution in [2.75, 3.05) is 27.2 Å². The Morgan fingerprint density at radius 1 is 0.947 bits per heavy atom. The zero-order valence-electron chi connectivity index (χ0n) is 11.0. The number of carbonyl (C=O) groups excluding carboxylic acids is 2. The third-order valence-electron chi connectivity index (χ3n) is 2.74. The van der Waals surface area contributed by atoms with Crippen LogP contribution in [-0.2, 0) is 0 Å². The summed E-state index contributed by atoms with van der Waals surface area (Å²) in [7, 11) is 3.83. The molecule has 0 saturated heterocycles. The first kappa shape index (κ1) is 14.1. The molecule has 0 aliphatic carbocycles. The fourth-order valence-corrected chi connectivity index (χ4v) is 3.18. The zero-order valence-corrected chi connectivity index (χ0v) is 12.6. The summed E-state index contributed by atoms with van der Waals surface area (Å²) in [5, 5.41) is 3.79. The van der Waals surface area contributed by atoms with Crippen LogP contribution in [0.15, 0.2) is 35.0 Å². The average molecular weight is 294 g/mol. The van der Waals surface area contributed by atoms with Gasteiger partial charge in [0, 0.05) is 0 Å². The average Bonchev–Trinajstić information content (AvgIpc) is 3.01. The van der Waals surface area contributed by atoms with Gasteiger partial charge in [0.05, 0.1) is 23.8 Å². The van der Waals surface area contributed by atoms with Crippen LogP contribution in [0.25, 0.3) is 0 Å². The lowest BCUT2D eigenvalue weighted by molar-refractivity contribution is -0.873. The Kier molecular flexibility index (Phi) is 4.29. The molecule has 0 amide bonds. The number of nitrogens with zero attached hydrogens (tertiary/aromatic N) is 1. The molecule has 100 valence electrons. The van der Waals surface area contributed by atoms with E-state index in [0.29, 0.717) is 17.6 Å². The van der Waals surface area contributed by atoms with Gasteiger partial charge in [-0.2, -0.15) is 0 Å². The van der Waals surface area contributed by atoms with E-state index in [2.05, 4.69) is 0 Å². The Bertz CT molecular complexity index is 506. The molecule has 19 heavy (non-hydrogen) atoms. The van der Waals surface area contributed by atoms with Crippen molar-refractivity contribution < 1.29 is 14.1 Å². The summed E-state index contributed by atoms with van der Waals surface area (Å²) < 4.78 is 0.382. The molecule has 0 aliphatic heterocycles. The molecule has 0 spiro atoms. The maximum atomic E-state index is 12.1. The van der Waals surface area contributed by atoms with Gasteiger partial charge in [0.1, 0.15) is 13.1 Å². The second-order valence-corrected chi connectivity index (χ2v) is 6.95. The molecule has 2 aromatic rings. The lowest BCUT2D eigenvalue weighted by Crippen LogP contribution is -2.47. The molecule has 0 saturated carbocycles. The van der Waals surface area contributed by atoms with Crippen molar-refractivity contribution in [3.8, 4) is 0 Å². The third-order valence-corrected chi connectivity index (χ3v) is 4.56. The van der Waals surface area contributed by atoms with Gasteiger partial charge >= 0.3 is 0 Å². The van der Waals surface area contributed by atoms with Crippen molar-refractivity contribution in [2.24, 2.45) is 0 Å². The maximum Gasteiger partial charge on any atom is 0.226 e. The van der Waals surface area contributed by atoms with Gasteiger partial charge < -0.3 is 4.48 Å². The highest BCUT2D eigenvalue weighted by molar-refractivity contribution is 7.12.